The molecule has 0 unspecified atom stereocenters. The maximum absolute atomic E-state index is 12.4. The number of ketones is 1. The van der Waals surface area contributed by atoms with Crippen molar-refractivity contribution in [3.63, 3.8) is 0 Å². The molecule has 1 aromatic rings. The van der Waals surface area contributed by atoms with Crippen LogP contribution in [-0.4, -0.2) is 62.3 Å². The molecule has 1 aromatic heterocycles. The van der Waals surface area contributed by atoms with Crippen LogP contribution in [0.1, 0.15) is 21.7 Å². The second kappa shape index (κ2) is 8.19. The van der Waals surface area contributed by atoms with E-state index in [-0.39, 0.29) is 5.78 Å². The summed E-state index contributed by atoms with van der Waals surface area (Å²) in [6.45, 7) is 7.09. The average molecular weight is 282 g/mol. The smallest absolute Gasteiger partial charge is 0.178 e. The number of nitrogens with zero attached hydrogens (tertiary/aromatic N) is 2. The molecule has 1 heterocycles. The molecule has 0 saturated heterocycles. The van der Waals surface area contributed by atoms with Gasteiger partial charge in [-0.25, -0.2) is 0 Å². The predicted octanol–water partition coefficient (Wildman–Crippen LogP) is 1.42. The Kier molecular flexibility index (Phi) is 6.91. The number of carbonyl (C=O) groups is 1. The van der Waals surface area contributed by atoms with Gasteiger partial charge >= 0.3 is 0 Å². The number of Topliss-reactive ketones (excluding diaryl/α,β-unsaturated/α-hetero) is 1. The highest BCUT2D eigenvalue weighted by Gasteiger charge is 2.17. The molecule has 0 N–H and O–H groups in total. The lowest BCUT2D eigenvalue weighted by Gasteiger charge is -2.20. The van der Waals surface area contributed by atoms with Crippen molar-refractivity contribution in [3.05, 3.63) is 23.0 Å². The van der Waals surface area contributed by atoms with E-state index in [2.05, 4.69) is 4.90 Å². The first kappa shape index (κ1) is 16.9. The van der Waals surface area contributed by atoms with Crippen molar-refractivity contribution in [2.45, 2.75) is 13.8 Å². The molecule has 0 bridgehead atoms. The van der Waals surface area contributed by atoms with Gasteiger partial charge < -0.3 is 14.0 Å². The van der Waals surface area contributed by atoms with E-state index in [1.807, 2.05) is 31.5 Å². The van der Waals surface area contributed by atoms with E-state index < -0.39 is 0 Å². The van der Waals surface area contributed by atoms with Crippen molar-refractivity contribution in [1.82, 2.24) is 9.47 Å². The topological polar surface area (TPSA) is 43.7 Å². The minimum absolute atomic E-state index is 0.151. The largest absolute Gasteiger partial charge is 0.383 e. The van der Waals surface area contributed by atoms with Crippen LogP contribution >= 0.6 is 0 Å². The Balaban J connectivity index is 2.70. The molecular weight excluding hydrogens is 256 g/mol. The van der Waals surface area contributed by atoms with E-state index in [0.29, 0.717) is 19.8 Å². The fraction of sp³-hybridized carbons (Fsp3) is 0.667. The van der Waals surface area contributed by atoms with Crippen LogP contribution in [-0.2, 0) is 16.5 Å². The highest BCUT2D eigenvalue weighted by atomic mass is 16.5. The minimum Gasteiger partial charge on any atom is -0.383 e. The summed E-state index contributed by atoms with van der Waals surface area (Å²) in [5.74, 6) is 0.151. The number of methoxy groups -OCH3 is 2. The van der Waals surface area contributed by atoms with Crippen molar-refractivity contribution >= 4 is 5.78 Å². The molecule has 0 radical (unpaired) electrons. The van der Waals surface area contributed by atoms with E-state index in [9.17, 15) is 4.79 Å². The van der Waals surface area contributed by atoms with E-state index in [4.69, 9.17) is 9.47 Å². The van der Waals surface area contributed by atoms with E-state index in [0.717, 1.165) is 30.0 Å². The molecule has 1 rings (SSSR count). The molecule has 0 saturated carbocycles. The normalized spacial score (nSPS) is 11.3. The van der Waals surface area contributed by atoms with Gasteiger partial charge in [0, 0.05) is 51.3 Å². The molecule has 0 aliphatic heterocycles. The maximum Gasteiger partial charge on any atom is 0.178 e. The third-order valence-electron chi connectivity index (χ3n) is 3.67. The van der Waals surface area contributed by atoms with Crippen LogP contribution in [0.3, 0.4) is 0 Å². The van der Waals surface area contributed by atoms with Gasteiger partial charge in [-0.15, -0.1) is 0 Å². The van der Waals surface area contributed by atoms with Crippen LogP contribution in [0.5, 0.6) is 0 Å². The van der Waals surface area contributed by atoms with Crippen molar-refractivity contribution in [1.29, 1.82) is 0 Å². The monoisotopic (exact) mass is 282 g/mol. The molecule has 114 valence electrons. The summed E-state index contributed by atoms with van der Waals surface area (Å²) in [6, 6.07) is 1.96. The Labute approximate surface area is 121 Å². The van der Waals surface area contributed by atoms with Gasteiger partial charge in [0.1, 0.15) is 0 Å². The van der Waals surface area contributed by atoms with Crippen LogP contribution in [0.4, 0.5) is 0 Å². The number of aryl methyl sites for hydroxylation is 1. The zero-order chi connectivity index (χ0) is 15.1. The van der Waals surface area contributed by atoms with Gasteiger partial charge in [0.15, 0.2) is 5.78 Å². The average Bonchev–Trinajstić information content (AvgIpc) is 2.69. The highest BCUT2D eigenvalue weighted by Crippen LogP contribution is 2.14. The van der Waals surface area contributed by atoms with Gasteiger partial charge in [0.05, 0.1) is 19.8 Å². The van der Waals surface area contributed by atoms with E-state index in [1.54, 1.807) is 14.2 Å². The molecule has 0 spiro atoms. The van der Waals surface area contributed by atoms with Crippen molar-refractivity contribution in [3.8, 4) is 0 Å². The molecule has 5 heteroatoms. The summed E-state index contributed by atoms with van der Waals surface area (Å²) in [4.78, 5) is 14.5. The third kappa shape index (κ3) is 4.44. The Morgan fingerprint density at radius 1 is 1.20 bits per heavy atom. The van der Waals surface area contributed by atoms with Gasteiger partial charge in [-0.3, -0.25) is 9.69 Å². The zero-order valence-corrected chi connectivity index (χ0v) is 13.2. The lowest BCUT2D eigenvalue weighted by atomic mass is 10.1. The predicted molar refractivity (Wildman–Crippen MR) is 79.4 cm³/mol. The fourth-order valence-corrected chi connectivity index (χ4v) is 2.14. The highest BCUT2D eigenvalue weighted by molar-refractivity contribution is 5.99. The zero-order valence-electron chi connectivity index (χ0n) is 13.2. The van der Waals surface area contributed by atoms with Crippen LogP contribution in [0.25, 0.3) is 0 Å². The van der Waals surface area contributed by atoms with E-state index in [1.165, 1.54) is 0 Å². The molecule has 5 nitrogen and oxygen atoms in total. The number of aromatic nitrogens is 1. The lowest BCUT2D eigenvalue weighted by Crippen LogP contribution is -2.35. The molecule has 0 aliphatic carbocycles. The molecule has 20 heavy (non-hydrogen) atoms. The van der Waals surface area contributed by atoms with Crippen molar-refractivity contribution < 1.29 is 14.3 Å². The molecule has 0 aliphatic rings. The van der Waals surface area contributed by atoms with Gasteiger partial charge in [-0.1, -0.05) is 0 Å². The Morgan fingerprint density at radius 2 is 1.75 bits per heavy atom. The van der Waals surface area contributed by atoms with Crippen LogP contribution in [0.2, 0.25) is 0 Å². The summed E-state index contributed by atoms with van der Waals surface area (Å²) in [7, 11) is 5.32. The van der Waals surface area contributed by atoms with Gasteiger partial charge in [0.25, 0.3) is 0 Å². The summed E-state index contributed by atoms with van der Waals surface area (Å²) in [5.41, 5.74) is 2.93. The van der Waals surface area contributed by atoms with Gasteiger partial charge in [-0.2, -0.15) is 0 Å². The minimum atomic E-state index is 0.151. The number of rotatable bonds is 9. The third-order valence-corrected chi connectivity index (χ3v) is 3.67. The number of hydrogen-bond donors (Lipinski definition) is 0. The van der Waals surface area contributed by atoms with Crippen molar-refractivity contribution in [2.24, 2.45) is 7.05 Å². The molecule has 0 aromatic carbocycles. The molecule has 0 atom stereocenters. The van der Waals surface area contributed by atoms with Gasteiger partial charge in [-0.05, 0) is 19.9 Å². The second-order valence-corrected chi connectivity index (χ2v) is 5.03. The second-order valence-electron chi connectivity index (χ2n) is 5.03. The summed E-state index contributed by atoms with van der Waals surface area (Å²) in [5, 5.41) is 0. The number of carbonyl (C=O) groups excluding carboxylic acids is 1. The molecule has 0 fully saturated rings. The standard InChI is InChI=1S/C15H26N2O3/c1-12-10-14(13(2)16(12)3)15(18)11-17(6-8-19-4)7-9-20-5/h10H,6-9,11H2,1-5H3. The quantitative estimate of drug-likeness (QED) is 0.643. The SMILES string of the molecule is COCCN(CCOC)CC(=O)c1cc(C)n(C)c1C. The summed E-state index contributed by atoms with van der Waals surface area (Å²) in [6.07, 6.45) is 0. The van der Waals surface area contributed by atoms with Crippen LogP contribution < -0.4 is 0 Å². The van der Waals surface area contributed by atoms with Crippen molar-refractivity contribution in [2.75, 3.05) is 47.1 Å². The maximum atomic E-state index is 12.4. The first-order valence-electron chi connectivity index (χ1n) is 6.87. The lowest BCUT2D eigenvalue weighted by molar-refractivity contribution is 0.0836. The number of ether oxygens (including phenoxy) is 2. The summed E-state index contributed by atoms with van der Waals surface area (Å²) >= 11 is 0. The summed E-state index contributed by atoms with van der Waals surface area (Å²) < 4.78 is 12.2. The van der Waals surface area contributed by atoms with Crippen LogP contribution in [0.15, 0.2) is 6.07 Å². The van der Waals surface area contributed by atoms with E-state index >= 15 is 0 Å². The first-order chi connectivity index (χ1) is 9.51. The Morgan fingerprint density at radius 3 is 2.15 bits per heavy atom. The Bertz CT molecular complexity index is 433. The Hall–Kier alpha value is -1.17. The van der Waals surface area contributed by atoms with Gasteiger partial charge in [0.2, 0.25) is 0 Å². The fourth-order valence-electron chi connectivity index (χ4n) is 2.14. The first-order valence-corrected chi connectivity index (χ1v) is 6.87. The van der Waals surface area contributed by atoms with Crippen LogP contribution in [0, 0.1) is 13.8 Å². The molecular formula is C15H26N2O3. The number of hydrogen-bond acceptors (Lipinski definition) is 4. The molecule has 0 amide bonds.